The van der Waals surface area contributed by atoms with Gasteiger partial charge in [-0.05, 0) is 56.4 Å². The lowest BCUT2D eigenvalue weighted by atomic mass is 9.96. The first-order chi connectivity index (χ1) is 12.4. The molecule has 2 amide bonds. The third-order valence-corrected chi connectivity index (χ3v) is 5.30. The third-order valence-electron chi connectivity index (χ3n) is 5.30. The molecule has 140 valence electrons. The normalized spacial score (nSPS) is 25.7. The van der Waals surface area contributed by atoms with Crippen LogP contribution in [-0.4, -0.2) is 46.9 Å². The van der Waals surface area contributed by atoms with Crippen LogP contribution in [0.2, 0.25) is 0 Å². The monoisotopic (exact) mass is 362 g/mol. The summed E-state index contributed by atoms with van der Waals surface area (Å²) in [6, 6.07) is 5.30. The number of carboxylic acid groups (broad SMARTS) is 1. The van der Waals surface area contributed by atoms with E-state index in [9.17, 15) is 18.8 Å². The van der Waals surface area contributed by atoms with Gasteiger partial charge >= 0.3 is 5.97 Å². The van der Waals surface area contributed by atoms with Gasteiger partial charge in [0.15, 0.2) is 0 Å². The zero-order valence-corrected chi connectivity index (χ0v) is 14.5. The molecule has 3 atom stereocenters. The van der Waals surface area contributed by atoms with E-state index in [0.29, 0.717) is 44.3 Å². The highest BCUT2D eigenvalue weighted by atomic mass is 19.1. The highest BCUT2D eigenvalue weighted by Gasteiger charge is 2.34. The molecule has 1 aliphatic carbocycles. The van der Waals surface area contributed by atoms with Crippen molar-refractivity contribution in [3.05, 3.63) is 35.6 Å². The maximum Gasteiger partial charge on any atom is 0.306 e. The van der Waals surface area contributed by atoms with Crippen LogP contribution in [0.25, 0.3) is 0 Å². The number of carboxylic acids is 1. The summed E-state index contributed by atoms with van der Waals surface area (Å²) in [5.74, 6) is -2.20. The summed E-state index contributed by atoms with van der Waals surface area (Å²) in [5.41, 5.74) is 0.410. The minimum absolute atomic E-state index is 0.105. The van der Waals surface area contributed by atoms with Gasteiger partial charge < -0.3 is 15.3 Å². The largest absolute Gasteiger partial charge is 0.481 e. The van der Waals surface area contributed by atoms with Crippen molar-refractivity contribution in [2.45, 2.75) is 38.1 Å². The van der Waals surface area contributed by atoms with E-state index in [2.05, 4.69) is 5.32 Å². The van der Waals surface area contributed by atoms with E-state index in [1.54, 1.807) is 4.90 Å². The van der Waals surface area contributed by atoms with Crippen LogP contribution in [0.5, 0.6) is 0 Å². The molecule has 3 rings (SSSR count). The van der Waals surface area contributed by atoms with Crippen molar-refractivity contribution in [1.82, 2.24) is 10.2 Å². The molecule has 2 aliphatic rings. The number of hydrogen-bond acceptors (Lipinski definition) is 3. The van der Waals surface area contributed by atoms with Gasteiger partial charge in [0.2, 0.25) is 5.91 Å². The Balaban J connectivity index is 1.56. The summed E-state index contributed by atoms with van der Waals surface area (Å²) in [7, 11) is 0. The zero-order chi connectivity index (χ0) is 18.7. The van der Waals surface area contributed by atoms with Gasteiger partial charge in [0.1, 0.15) is 5.82 Å². The van der Waals surface area contributed by atoms with E-state index < -0.39 is 11.8 Å². The Morgan fingerprint density at radius 1 is 1.08 bits per heavy atom. The van der Waals surface area contributed by atoms with Crippen LogP contribution in [0.1, 0.15) is 42.5 Å². The molecule has 1 saturated carbocycles. The number of nitrogens with one attached hydrogen (secondary N) is 1. The molecule has 0 radical (unpaired) electrons. The Morgan fingerprint density at radius 2 is 1.81 bits per heavy atom. The number of hydrogen-bond donors (Lipinski definition) is 2. The van der Waals surface area contributed by atoms with E-state index in [1.807, 2.05) is 0 Å². The maximum absolute atomic E-state index is 13.0. The molecule has 1 aromatic carbocycles. The summed E-state index contributed by atoms with van der Waals surface area (Å²) in [6.07, 6.45) is 3.15. The summed E-state index contributed by atoms with van der Waals surface area (Å²) in [4.78, 5) is 37.7. The second-order valence-electron chi connectivity index (χ2n) is 7.15. The number of likely N-dealkylation sites (tertiary alicyclic amines) is 1. The van der Waals surface area contributed by atoms with Gasteiger partial charge in [0.25, 0.3) is 5.91 Å². The molecule has 0 aromatic heterocycles. The van der Waals surface area contributed by atoms with Crippen LogP contribution in [-0.2, 0) is 9.59 Å². The molecule has 1 heterocycles. The van der Waals surface area contributed by atoms with E-state index in [-0.39, 0.29) is 29.7 Å². The van der Waals surface area contributed by atoms with Crippen molar-refractivity contribution in [2.75, 3.05) is 13.1 Å². The van der Waals surface area contributed by atoms with Gasteiger partial charge in [-0.15, -0.1) is 0 Å². The summed E-state index contributed by atoms with van der Waals surface area (Å²) >= 11 is 0. The Morgan fingerprint density at radius 3 is 2.46 bits per heavy atom. The van der Waals surface area contributed by atoms with Crippen LogP contribution in [0.3, 0.4) is 0 Å². The van der Waals surface area contributed by atoms with Crippen molar-refractivity contribution >= 4 is 17.8 Å². The molecule has 2 N–H and O–H groups in total. The van der Waals surface area contributed by atoms with E-state index >= 15 is 0 Å². The Labute approximate surface area is 151 Å². The summed E-state index contributed by atoms with van der Waals surface area (Å²) in [6.45, 7) is 0.904. The van der Waals surface area contributed by atoms with Crippen LogP contribution >= 0.6 is 0 Å². The van der Waals surface area contributed by atoms with Crippen LogP contribution in [0.4, 0.5) is 4.39 Å². The second kappa shape index (κ2) is 7.85. The molecular formula is C19H23FN2O4. The molecule has 26 heavy (non-hydrogen) atoms. The van der Waals surface area contributed by atoms with Gasteiger partial charge in [-0.25, -0.2) is 4.39 Å². The van der Waals surface area contributed by atoms with Crippen LogP contribution in [0, 0.1) is 17.7 Å². The SMILES string of the molecule is O=C(N[C@H]1CC[C@@H](C(=O)O)C1)C1CCCN(C(=O)c2ccc(F)cc2)C1. The number of piperidine rings is 1. The molecule has 1 aliphatic heterocycles. The Hall–Kier alpha value is -2.44. The first kappa shape index (κ1) is 18.4. The molecule has 7 heteroatoms. The number of halogens is 1. The lowest BCUT2D eigenvalue weighted by molar-refractivity contribution is -0.141. The summed E-state index contributed by atoms with van der Waals surface area (Å²) < 4.78 is 13.0. The molecule has 2 fully saturated rings. The number of carbonyl (C=O) groups is 3. The fraction of sp³-hybridized carbons (Fsp3) is 0.526. The van der Waals surface area contributed by atoms with Crippen molar-refractivity contribution < 1.29 is 23.9 Å². The lowest BCUT2D eigenvalue weighted by Gasteiger charge is -2.32. The first-order valence-corrected chi connectivity index (χ1v) is 9.02. The topological polar surface area (TPSA) is 86.7 Å². The average molecular weight is 362 g/mol. The first-order valence-electron chi connectivity index (χ1n) is 9.02. The van der Waals surface area contributed by atoms with Gasteiger partial charge in [-0.1, -0.05) is 0 Å². The van der Waals surface area contributed by atoms with Crippen LogP contribution < -0.4 is 5.32 Å². The quantitative estimate of drug-likeness (QED) is 0.858. The van der Waals surface area contributed by atoms with Crippen molar-refractivity contribution in [2.24, 2.45) is 11.8 Å². The molecule has 1 saturated heterocycles. The predicted molar refractivity (Wildman–Crippen MR) is 91.9 cm³/mol. The molecular weight excluding hydrogens is 339 g/mol. The van der Waals surface area contributed by atoms with Gasteiger partial charge in [0, 0.05) is 24.7 Å². The van der Waals surface area contributed by atoms with E-state index in [0.717, 1.165) is 6.42 Å². The van der Waals surface area contributed by atoms with Gasteiger partial charge in [-0.2, -0.15) is 0 Å². The number of carbonyl (C=O) groups excluding carboxylic acids is 2. The second-order valence-corrected chi connectivity index (χ2v) is 7.15. The highest BCUT2D eigenvalue weighted by molar-refractivity contribution is 5.94. The van der Waals surface area contributed by atoms with Gasteiger partial charge in [-0.3, -0.25) is 14.4 Å². The fourth-order valence-corrected chi connectivity index (χ4v) is 3.81. The molecule has 0 spiro atoms. The van der Waals surface area contributed by atoms with E-state index in [4.69, 9.17) is 5.11 Å². The summed E-state index contributed by atoms with van der Waals surface area (Å²) in [5, 5.41) is 12.0. The Kier molecular flexibility index (Phi) is 5.54. The third kappa shape index (κ3) is 4.20. The predicted octanol–water partition coefficient (Wildman–Crippen LogP) is 2.05. The fourth-order valence-electron chi connectivity index (χ4n) is 3.81. The molecule has 1 unspecified atom stereocenters. The number of nitrogens with zero attached hydrogens (tertiary/aromatic N) is 1. The highest BCUT2D eigenvalue weighted by Crippen LogP contribution is 2.27. The minimum atomic E-state index is -0.810. The molecule has 1 aromatic rings. The van der Waals surface area contributed by atoms with Gasteiger partial charge in [0.05, 0.1) is 11.8 Å². The molecule has 6 nitrogen and oxygen atoms in total. The van der Waals surface area contributed by atoms with Crippen molar-refractivity contribution in [1.29, 1.82) is 0 Å². The van der Waals surface area contributed by atoms with Crippen molar-refractivity contribution in [3.63, 3.8) is 0 Å². The average Bonchev–Trinajstić information content (AvgIpc) is 3.11. The zero-order valence-electron chi connectivity index (χ0n) is 14.5. The number of rotatable bonds is 4. The standard InChI is InChI=1S/C19H23FN2O4/c20-15-6-3-12(4-7-15)18(24)22-9-1-2-14(11-22)17(23)21-16-8-5-13(10-16)19(25)26/h3-4,6-7,13-14,16H,1-2,5,8-11H2,(H,21,23)(H,25,26)/t13-,14?,16+/m1/s1. The number of amides is 2. The maximum atomic E-state index is 13.0. The smallest absolute Gasteiger partial charge is 0.306 e. The number of aliphatic carboxylic acids is 1. The lowest BCUT2D eigenvalue weighted by Crippen LogP contribution is -2.47. The number of benzene rings is 1. The van der Waals surface area contributed by atoms with E-state index in [1.165, 1.54) is 24.3 Å². The van der Waals surface area contributed by atoms with Crippen LogP contribution in [0.15, 0.2) is 24.3 Å². The Bertz CT molecular complexity index is 691. The van der Waals surface area contributed by atoms with Crippen molar-refractivity contribution in [3.8, 4) is 0 Å². The molecule has 0 bridgehead atoms. The minimum Gasteiger partial charge on any atom is -0.481 e.